The molecule has 0 aliphatic carbocycles. The Morgan fingerprint density at radius 1 is 0.286 bits per heavy atom. The summed E-state index contributed by atoms with van der Waals surface area (Å²) in [5.74, 6) is -0.561. The number of esters is 2. The average Bonchev–Trinajstić information content (AvgIpc) is 3.43. The van der Waals surface area contributed by atoms with Gasteiger partial charge in [-0.25, -0.2) is 0 Å². The van der Waals surface area contributed by atoms with Gasteiger partial charge in [0.05, 0.1) is 6.61 Å². The van der Waals surface area contributed by atoms with Crippen molar-refractivity contribution in [2.24, 2.45) is 0 Å². The topological polar surface area (TPSA) is 72.8 Å². The summed E-state index contributed by atoms with van der Waals surface area (Å²) >= 11 is 0. The standard InChI is InChI=1S/C72H140O5/c1-3-5-7-9-11-13-15-17-19-21-23-25-27-29-31-33-34-35-36-37-39-40-42-44-46-48-50-52-54-56-58-60-62-64-66-71(74)76-69-70(68-73)77-72(75)67-65-63-61-59-57-55-53-51-49-47-45-43-41-38-32-30-28-26-24-22-20-18-16-14-12-10-8-6-4-2/h22,24,70,73H,3-21,23,25-69H2,1-2H3/b24-22-. The van der Waals surface area contributed by atoms with Crippen LogP contribution in [-0.4, -0.2) is 36.4 Å². The predicted molar refractivity (Wildman–Crippen MR) is 339 cm³/mol. The lowest BCUT2D eigenvalue weighted by Crippen LogP contribution is -2.28. The van der Waals surface area contributed by atoms with E-state index >= 15 is 0 Å². The highest BCUT2D eigenvalue weighted by Crippen LogP contribution is 2.20. The van der Waals surface area contributed by atoms with E-state index in [9.17, 15) is 14.7 Å². The van der Waals surface area contributed by atoms with Crippen LogP contribution < -0.4 is 0 Å². The number of allylic oxidation sites excluding steroid dienone is 2. The van der Waals surface area contributed by atoms with Crippen LogP contribution in [0.2, 0.25) is 0 Å². The first-order chi connectivity index (χ1) is 38.1. The van der Waals surface area contributed by atoms with E-state index in [1.807, 2.05) is 0 Å². The summed E-state index contributed by atoms with van der Waals surface area (Å²) in [5.41, 5.74) is 0. The summed E-state index contributed by atoms with van der Waals surface area (Å²) in [7, 11) is 0. The van der Waals surface area contributed by atoms with Crippen LogP contribution in [0.25, 0.3) is 0 Å². The van der Waals surface area contributed by atoms with Gasteiger partial charge in [0, 0.05) is 12.8 Å². The molecule has 0 saturated carbocycles. The Balaban J connectivity index is 3.36. The smallest absolute Gasteiger partial charge is 0.306 e. The Morgan fingerprint density at radius 3 is 0.701 bits per heavy atom. The van der Waals surface area contributed by atoms with Crippen LogP contribution in [0.4, 0.5) is 0 Å². The van der Waals surface area contributed by atoms with Gasteiger partial charge in [-0.1, -0.05) is 379 Å². The molecule has 0 saturated heterocycles. The van der Waals surface area contributed by atoms with Crippen molar-refractivity contribution >= 4 is 11.9 Å². The second-order valence-corrected chi connectivity index (χ2v) is 24.7. The summed E-state index contributed by atoms with van der Waals surface area (Å²) in [6.45, 7) is 4.22. The molecular weight excluding hydrogens is 945 g/mol. The first kappa shape index (κ1) is 75.6. The first-order valence-corrected chi connectivity index (χ1v) is 35.7. The van der Waals surface area contributed by atoms with Crippen molar-refractivity contribution in [3.8, 4) is 0 Å². The monoisotopic (exact) mass is 1090 g/mol. The number of rotatable bonds is 68. The fraction of sp³-hybridized carbons (Fsp3) is 0.944. The van der Waals surface area contributed by atoms with Crippen molar-refractivity contribution in [2.45, 2.75) is 424 Å². The van der Waals surface area contributed by atoms with Crippen molar-refractivity contribution in [3.63, 3.8) is 0 Å². The average molecular weight is 1090 g/mol. The normalized spacial score (nSPS) is 12.1. The third-order valence-corrected chi connectivity index (χ3v) is 16.8. The van der Waals surface area contributed by atoms with Gasteiger partial charge in [-0.3, -0.25) is 9.59 Å². The van der Waals surface area contributed by atoms with E-state index in [2.05, 4.69) is 26.0 Å². The molecular formula is C72H140O5. The number of hydrogen-bond donors (Lipinski definition) is 1. The fourth-order valence-corrected chi connectivity index (χ4v) is 11.4. The van der Waals surface area contributed by atoms with Crippen LogP contribution in [-0.2, 0) is 19.1 Å². The van der Waals surface area contributed by atoms with E-state index in [4.69, 9.17) is 9.47 Å². The summed E-state index contributed by atoms with van der Waals surface area (Å²) in [5, 5.41) is 9.70. The lowest BCUT2D eigenvalue weighted by molar-refractivity contribution is -0.161. The highest BCUT2D eigenvalue weighted by Gasteiger charge is 2.16. The van der Waals surface area contributed by atoms with E-state index in [1.54, 1.807) is 0 Å². The molecule has 0 aliphatic rings. The van der Waals surface area contributed by atoms with Crippen molar-refractivity contribution in [3.05, 3.63) is 12.2 Å². The van der Waals surface area contributed by atoms with Gasteiger partial charge in [-0.15, -0.1) is 0 Å². The van der Waals surface area contributed by atoms with Crippen molar-refractivity contribution in [2.75, 3.05) is 13.2 Å². The summed E-state index contributed by atoms with van der Waals surface area (Å²) in [4.78, 5) is 24.6. The van der Waals surface area contributed by atoms with Crippen molar-refractivity contribution in [1.82, 2.24) is 0 Å². The number of carbonyl (C=O) groups is 2. The minimum Gasteiger partial charge on any atom is -0.462 e. The summed E-state index contributed by atoms with van der Waals surface area (Å²) < 4.78 is 10.8. The maximum atomic E-state index is 12.4. The fourth-order valence-electron chi connectivity index (χ4n) is 11.4. The van der Waals surface area contributed by atoms with Gasteiger partial charge < -0.3 is 14.6 Å². The van der Waals surface area contributed by atoms with Crippen LogP contribution in [0, 0.1) is 0 Å². The molecule has 1 N–H and O–H groups in total. The molecule has 1 unspecified atom stereocenters. The van der Waals surface area contributed by atoms with Crippen LogP contribution >= 0.6 is 0 Å². The van der Waals surface area contributed by atoms with Gasteiger partial charge in [-0.2, -0.15) is 0 Å². The maximum absolute atomic E-state index is 12.4. The third-order valence-electron chi connectivity index (χ3n) is 16.8. The molecule has 0 bridgehead atoms. The Kier molecular flexibility index (Phi) is 67.7. The summed E-state index contributed by atoms with van der Waals surface area (Å²) in [6, 6.07) is 0. The number of aliphatic hydroxyl groups excluding tert-OH is 1. The van der Waals surface area contributed by atoms with Crippen LogP contribution in [0.15, 0.2) is 12.2 Å². The second-order valence-electron chi connectivity index (χ2n) is 24.7. The predicted octanol–water partition coefficient (Wildman–Crippen LogP) is 24.6. The molecule has 0 spiro atoms. The molecule has 0 radical (unpaired) electrons. The van der Waals surface area contributed by atoms with E-state index in [1.165, 1.54) is 360 Å². The van der Waals surface area contributed by atoms with Gasteiger partial charge in [-0.05, 0) is 38.5 Å². The quantitative estimate of drug-likeness (QED) is 0.0373. The van der Waals surface area contributed by atoms with Crippen LogP contribution in [0.5, 0.6) is 0 Å². The Labute approximate surface area is 483 Å². The number of carbonyl (C=O) groups excluding carboxylic acids is 2. The molecule has 0 heterocycles. The SMILES string of the molecule is CCCCCCCCCC/C=C\CCCCCCCCCCCCCCCCCCCC(=O)OC(CO)COC(=O)CCCCCCCCCCCCCCCCCCCCCCCCCCCCCCCCCCCC. The highest BCUT2D eigenvalue weighted by atomic mass is 16.6. The minimum absolute atomic E-state index is 0.0569. The van der Waals surface area contributed by atoms with Gasteiger partial charge in [0.15, 0.2) is 6.10 Å². The number of aliphatic hydroxyl groups is 1. The Morgan fingerprint density at radius 2 is 0.481 bits per heavy atom. The zero-order valence-corrected chi connectivity index (χ0v) is 52.8. The maximum Gasteiger partial charge on any atom is 0.306 e. The molecule has 0 aromatic carbocycles. The molecule has 0 rings (SSSR count). The molecule has 77 heavy (non-hydrogen) atoms. The Bertz CT molecular complexity index is 1140. The summed E-state index contributed by atoms with van der Waals surface area (Å²) in [6.07, 6.45) is 88.4. The number of hydrogen-bond acceptors (Lipinski definition) is 5. The van der Waals surface area contributed by atoms with E-state index < -0.39 is 6.10 Å². The molecule has 0 amide bonds. The molecule has 5 heteroatoms. The molecule has 0 aromatic heterocycles. The molecule has 458 valence electrons. The molecule has 0 aliphatic heterocycles. The van der Waals surface area contributed by atoms with E-state index in [-0.39, 0.29) is 25.2 Å². The number of ether oxygens (including phenoxy) is 2. The van der Waals surface area contributed by atoms with Gasteiger partial charge in [0.25, 0.3) is 0 Å². The molecule has 5 nitrogen and oxygen atoms in total. The van der Waals surface area contributed by atoms with Crippen molar-refractivity contribution < 1.29 is 24.2 Å². The van der Waals surface area contributed by atoms with Gasteiger partial charge in [0.1, 0.15) is 6.61 Å². The lowest BCUT2D eigenvalue weighted by Gasteiger charge is -2.15. The van der Waals surface area contributed by atoms with Crippen LogP contribution in [0.1, 0.15) is 418 Å². The van der Waals surface area contributed by atoms with Crippen LogP contribution in [0.3, 0.4) is 0 Å². The number of unbranched alkanes of at least 4 members (excludes halogenated alkanes) is 58. The Hall–Kier alpha value is -1.36. The zero-order chi connectivity index (χ0) is 55.5. The third kappa shape index (κ3) is 67.1. The largest absolute Gasteiger partial charge is 0.462 e. The van der Waals surface area contributed by atoms with E-state index in [0.717, 1.165) is 32.1 Å². The first-order valence-electron chi connectivity index (χ1n) is 35.7. The minimum atomic E-state index is -0.767. The molecule has 0 aromatic rings. The second kappa shape index (κ2) is 68.9. The lowest BCUT2D eigenvalue weighted by atomic mass is 10.0. The molecule has 1 atom stereocenters. The van der Waals surface area contributed by atoms with Crippen molar-refractivity contribution in [1.29, 1.82) is 0 Å². The zero-order valence-electron chi connectivity index (χ0n) is 52.8. The molecule has 0 fully saturated rings. The van der Waals surface area contributed by atoms with Gasteiger partial charge >= 0.3 is 11.9 Å². The highest BCUT2D eigenvalue weighted by molar-refractivity contribution is 5.70. The van der Waals surface area contributed by atoms with E-state index in [0.29, 0.717) is 12.8 Å². The van der Waals surface area contributed by atoms with Gasteiger partial charge in [0.2, 0.25) is 0 Å².